The number of halogens is 3. The lowest BCUT2D eigenvalue weighted by Gasteiger charge is -2.12. The van der Waals surface area contributed by atoms with Crippen LogP contribution in [0, 0.1) is 0 Å². The van der Waals surface area contributed by atoms with Crippen molar-refractivity contribution >= 4 is 11.8 Å². The van der Waals surface area contributed by atoms with Crippen molar-refractivity contribution in [2.24, 2.45) is 0 Å². The van der Waals surface area contributed by atoms with Crippen LogP contribution in [0.25, 0.3) is 11.5 Å². The Morgan fingerprint density at radius 1 is 0.966 bits per heavy atom. The average Bonchev–Trinajstić information content (AvgIpc) is 3.19. The first-order valence-corrected chi connectivity index (χ1v) is 9.27. The summed E-state index contributed by atoms with van der Waals surface area (Å²) in [4.78, 5) is 0. The molecule has 1 heterocycles. The Labute approximate surface area is 169 Å². The maximum atomic E-state index is 12.8. The second-order valence-electron chi connectivity index (χ2n) is 5.77. The second-order valence-corrected chi connectivity index (χ2v) is 6.70. The third-order valence-corrected chi connectivity index (χ3v) is 4.82. The van der Waals surface area contributed by atoms with Crippen LogP contribution in [0.2, 0.25) is 0 Å². The second kappa shape index (κ2) is 8.64. The van der Waals surface area contributed by atoms with E-state index in [9.17, 15) is 13.2 Å². The lowest BCUT2D eigenvalue weighted by atomic mass is 10.1. The highest BCUT2D eigenvalue weighted by molar-refractivity contribution is 7.98. The number of alkyl halides is 3. The van der Waals surface area contributed by atoms with Gasteiger partial charge in [-0.1, -0.05) is 30.0 Å². The molecule has 6 nitrogen and oxygen atoms in total. The minimum atomic E-state index is -4.38. The minimum absolute atomic E-state index is 0.218. The number of hydrogen-bond acceptors (Lipinski definition) is 7. The van der Waals surface area contributed by atoms with Gasteiger partial charge in [-0.25, -0.2) is 0 Å². The maximum Gasteiger partial charge on any atom is 0.416 e. The van der Waals surface area contributed by atoms with Crippen LogP contribution in [0.3, 0.4) is 0 Å². The van der Waals surface area contributed by atoms with Crippen molar-refractivity contribution in [1.29, 1.82) is 0 Å². The third-order valence-electron chi connectivity index (χ3n) is 3.93. The number of hydrogen-bond donors (Lipinski definition) is 0. The van der Waals surface area contributed by atoms with Crippen LogP contribution in [-0.4, -0.2) is 31.5 Å². The summed E-state index contributed by atoms with van der Waals surface area (Å²) in [5.41, 5.74) is 0.356. The number of ether oxygens (including phenoxy) is 3. The summed E-state index contributed by atoms with van der Waals surface area (Å²) in [5, 5.41) is 8.16. The van der Waals surface area contributed by atoms with Gasteiger partial charge in [-0.3, -0.25) is 0 Å². The van der Waals surface area contributed by atoms with Gasteiger partial charge in [-0.15, -0.1) is 10.2 Å². The van der Waals surface area contributed by atoms with Gasteiger partial charge in [0.05, 0.1) is 26.9 Å². The van der Waals surface area contributed by atoms with Crippen LogP contribution in [-0.2, 0) is 11.9 Å². The normalized spacial score (nSPS) is 11.4. The molecule has 0 fully saturated rings. The molecule has 1 aromatic heterocycles. The van der Waals surface area contributed by atoms with E-state index < -0.39 is 11.7 Å². The van der Waals surface area contributed by atoms with E-state index in [1.54, 1.807) is 18.2 Å². The zero-order valence-corrected chi connectivity index (χ0v) is 16.6. The number of aromatic nitrogens is 2. The van der Waals surface area contributed by atoms with Gasteiger partial charge in [0.1, 0.15) is 0 Å². The van der Waals surface area contributed by atoms with E-state index in [1.165, 1.54) is 27.4 Å². The van der Waals surface area contributed by atoms with Crippen LogP contribution in [0.5, 0.6) is 17.2 Å². The molecule has 0 atom stereocenters. The summed E-state index contributed by atoms with van der Waals surface area (Å²) in [6.45, 7) is 0. The van der Waals surface area contributed by atoms with E-state index in [0.29, 0.717) is 28.4 Å². The van der Waals surface area contributed by atoms with Crippen LogP contribution >= 0.6 is 11.8 Å². The zero-order valence-electron chi connectivity index (χ0n) is 15.7. The molecule has 0 N–H and O–H groups in total. The van der Waals surface area contributed by atoms with Gasteiger partial charge in [-0.2, -0.15) is 13.2 Å². The number of rotatable bonds is 7. The third kappa shape index (κ3) is 4.76. The van der Waals surface area contributed by atoms with Crippen LogP contribution in [0.15, 0.2) is 46.0 Å². The molecular formula is C19H17F3N2O4S. The first-order chi connectivity index (χ1) is 13.9. The van der Waals surface area contributed by atoms with Crippen LogP contribution in [0.4, 0.5) is 13.2 Å². The summed E-state index contributed by atoms with van der Waals surface area (Å²) in [6, 6.07) is 8.44. The highest BCUT2D eigenvalue weighted by Gasteiger charge is 2.30. The Morgan fingerprint density at radius 2 is 1.66 bits per heavy atom. The molecule has 0 unspecified atom stereocenters. The van der Waals surface area contributed by atoms with Crippen molar-refractivity contribution < 1.29 is 31.8 Å². The van der Waals surface area contributed by atoms with Crippen LogP contribution in [0.1, 0.15) is 11.1 Å². The van der Waals surface area contributed by atoms with E-state index in [1.807, 2.05) is 0 Å². The molecule has 154 valence electrons. The molecule has 10 heteroatoms. The molecule has 0 radical (unpaired) electrons. The lowest BCUT2D eigenvalue weighted by molar-refractivity contribution is -0.137. The smallest absolute Gasteiger partial charge is 0.416 e. The molecule has 2 aromatic carbocycles. The van der Waals surface area contributed by atoms with Crippen molar-refractivity contribution in [2.45, 2.75) is 17.2 Å². The molecule has 0 aliphatic carbocycles. The number of benzene rings is 2. The molecular weight excluding hydrogens is 409 g/mol. The summed E-state index contributed by atoms with van der Waals surface area (Å²) >= 11 is 1.14. The largest absolute Gasteiger partial charge is 0.493 e. The Morgan fingerprint density at radius 3 is 2.24 bits per heavy atom. The highest BCUT2D eigenvalue weighted by Crippen LogP contribution is 2.41. The topological polar surface area (TPSA) is 66.6 Å². The maximum absolute atomic E-state index is 12.8. The average molecular weight is 426 g/mol. The minimum Gasteiger partial charge on any atom is -0.493 e. The molecule has 0 aliphatic rings. The van der Waals surface area contributed by atoms with E-state index in [4.69, 9.17) is 18.6 Å². The van der Waals surface area contributed by atoms with Gasteiger partial charge < -0.3 is 18.6 Å². The Balaban J connectivity index is 1.78. The molecule has 0 bridgehead atoms. The fourth-order valence-corrected chi connectivity index (χ4v) is 3.28. The summed E-state index contributed by atoms with van der Waals surface area (Å²) in [5.74, 6) is 1.76. The summed E-state index contributed by atoms with van der Waals surface area (Å²) < 4.78 is 60.0. The molecule has 0 saturated carbocycles. The molecule has 0 amide bonds. The molecule has 3 rings (SSSR count). The highest BCUT2D eigenvalue weighted by atomic mass is 32.2. The zero-order chi connectivity index (χ0) is 21.0. The Hall–Kier alpha value is -2.88. The first kappa shape index (κ1) is 20.8. The standard InChI is InChI=1S/C19H17F3N2O4S/c1-25-14-8-12(9-15(26-2)16(14)27-3)17-23-24-18(28-17)29-10-11-5-4-6-13(7-11)19(20,21)22/h4-9H,10H2,1-3H3. The van der Waals surface area contributed by atoms with Gasteiger partial charge in [0.25, 0.3) is 5.22 Å². The summed E-state index contributed by atoms with van der Waals surface area (Å²) in [6.07, 6.45) is -4.38. The van der Waals surface area contributed by atoms with Crippen molar-refractivity contribution in [1.82, 2.24) is 10.2 Å². The molecule has 0 aliphatic heterocycles. The van der Waals surface area contributed by atoms with Gasteiger partial charge in [0, 0.05) is 11.3 Å². The Bertz CT molecular complexity index is 967. The molecule has 29 heavy (non-hydrogen) atoms. The quantitative estimate of drug-likeness (QED) is 0.489. The SMILES string of the molecule is COc1cc(-c2nnc(SCc3cccc(C(F)(F)F)c3)o2)cc(OC)c1OC. The van der Waals surface area contributed by atoms with Gasteiger partial charge in [0.2, 0.25) is 11.6 Å². The molecule has 0 saturated heterocycles. The number of thioether (sulfide) groups is 1. The van der Waals surface area contributed by atoms with Gasteiger partial charge in [-0.05, 0) is 23.8 Å². The molecule has 0 spiro atoms. The number of methoxy groups -OCH3 is 3. The fraction of sp³-hybridized carbons (Fsp3) is 0.263. The lowest BCUT2D eigenvalue weighted by Crippen LogP contribution is -2.04. The predicted octanol–water partition coefficient (Wildman–Crippen LogP) is 5.07. The Kier molecular flexibility index (Phi) is 6.21. The molecule has 3 aromatic rings. The van der Waals surface area contributed by atoms with Crippen molar-refractivity contribution in [3.05, 3.63) is 47.5 Å². The van der Waals surface area contributed by atoms with Crippen molar-refractivity contribution in [2.75, 3.05) is 21.3 Å². The predicted molar refractivity (Wildman–Crippen MR) is 100 cm³/mol. The van der Waals surface area contributed by atoms with Crippen molar-refractivity contribution in [3.63, 3.8) is 0 Å². The van der Waals surface area contributed by atoms with E-state index in [2.05, 4.69) is 10.2 Å². The fourth-order valence-electron chi connectivity index (χ4n) is 2.57. The first-order valence-electron chi connectivity index (χ1n) is 8.28. The van der Waals surface area contributed by atoms with E-state index >= 15 is 0 Å². The van der Waals surface area contributed by atoms with Gasteiger partial charge in [0.15, 0.2) is 11.5 Å². The van der Waals surface area contributed by atoms with Crippen LogP contribution < -0.4 is 14.2 Å². The summed E-state index contributed by atoms with van der Waals surface area (Å²) in [7, 11) is 4.48. The van der Waals surface area contributed by atoms with E-state index in [-0.39, 0.29) is 16.9 Å². The number of nitrogens with zero attached hydrogens (tertiary/aromatic N) is 2. The van der Waals surface area contributed by atoms with Crippen molar-refractivity contribution in [3.8, 4) is 28.7 Å². The monoisotopic (exact) mass is 426 g/mol. The van der Waals surface area contributed by atoms with Gasteiger partial charge >= 0.3 is 6.18 Å². The van der Waals surface area contributed by atoms with E-state index in [0.717, 1.165) is 23.9 Å².